The molecule has 0 amide bonds. The van der Waals surface area contributed by atoms with E-state index in [2.05, 4.69) is 40.8 Å². The zero-order valence-corrected chi connectivity index (χ0v) is 15.1. The minimum Gasteiger partial charge on any atom is -0.486 e. The van der Waals surface area contributed by atoms with Gasteiger partial charge in [-0.1, -0.05) is 22.9 Å². The summed E-state index contributed by atoms with van der Waals surface area (Å²) in [5.74, 6) is 0.896. The van der Waals surface area contributed by atoms with E-state index in [0.29, 0.717) is 6.61 Å². The number of hydrogen-bond donors (Lipinski definition) is 1. The van der Waals surface area contributed by atoms with E-state index in [1.165, 1.54) is 4.88 Å². The lowest BCUT2D eigenvalue weighted by Gasteiger charge is -2.14. The molecule has 1 aromatic heterocycles. The third-order valence-corrected chi connectivity index (χ3v) is 4.99. The third-order valence-electron chi connectivity index (χ3n) is 3.45. The zero-order valence-electron chi connectivity index (χ0n) is 12.6. The summed E-state index contributed by atoms with van der Waals surface area (Å²) in [6.45, 7) is 6.72. The number of nitrogens with zero attached hydrogens (tertiary/aromatic N) is 1. The van der Waals surface area contributed by atoms with Crippen LogP contribution in [0.4, 0.5) is 0 Å². The summed E-state index contributed by atoms with van der Waals surface area (Å²) in [6.07, 6.45) is 1.78. The molecule has 1 aromatic carbocycles. The van der Waals surface area contributed by atoms with Gasteiger partial charge in [0, 0.05) is 15.4 Å². The number of halogens is 1. The molecule has 0 aliphatic heterocycles. The molecule has 2 N–H and O–H groups in total. The van der Waals surface area contributed by atoms with E-state index in [-0.39, 0.29) is 6.04 Å². The first-order valence-corrected chi connectivity index (χ1v) is 8.70. The van der Waals surface area contributed by atoms with Crippen molar-refractivity contribution in [2.75, 3.05) is 0 Å². The maximum Gasteiger partial charge on any atom is 0.140 e. The summed E-state index contributed by atoms with van der Waals surface area (Å²) in [4.78, 5) is 5.76. The van der Waals surface area contributed by atoms with Crippen LogP contribution in [0.25, 0.3) is 0 Å². The van der Waals surface area contributed by atoms with Crippen LogP contribution in [-0.2, 0) is 13.0 Å². The Balaban J connectivity index is 2.11. The predicted molar refractivity (Wildman–Crippen MR) is 92.0 cm³/mol. The largest absolute Gasteiger partial charge is 0.486 e. The van der Waals surface area contributed by atoms with Gasteiger partial charge in [0.15, 0.2) is 0 Å². The van der Waals surface area contributed by atoms with Crippen molar-refractivity contribution in [1.29, 1.82) is 0 Å². The zero-order chi connectivity index (χ0) is 15.4. The summed E-state index contributed by atoms with van der Waals surface area (Å²) in [7, 11) is 0. The Morgan fingerprint density at radius 3 is 2.76 bits per heavy atom. The Morgan fingerprint density at radius 1 is 1.38 bits per heavy atom. The van der Waals surface area contributed by atoms with E-state index < -0.39 is 0 Å². The van der Waals surface area contributed by atoms with Gasteiger partial charge in [0.1, 0.15) is 17.4 Å². The Hall–Kier alpha value is -0.910. The predicted octanol–water partition coefficient (Wildman–Crippen LogP) is 4.38. The van der Waals surface area contributed by atoms with Crippen LogP contribution in [-0.4, -0.2) is 11.0 Å². The molecule has 0 saturated carbocycles. The highest BCUT2D eigenvalue weighted by molar-refractivity contribution is 9.10. The minimum absolute atomic E-state index is 0.158. The van der Waals surface area contributed by atoms with Crippen molar-refractivity contribution in [2.24, 2.45) is 5.73 Å². The van der Waals surface area contributed by atoms with E-state index in [4.69, 9.17) is 10.5 Å². The quantitative estimate of drug-likeness (QED) is 0.822. The average molecular weight is 369 g/mol. The molecule has 0 fully saturated rings. The van der Waals surface area contributed by atoms with Gasteiger partial charge in [0.05, 0.1) is 5.69 Å². The van der Waals surface area contributed by atoms with Crippen LogP contribution in [0.5, 0.6) is 5.75 Å². The van der Waals surface area contributed by atoms with Crippen LogP contribution in [0.2, 0.25) is 0 Å². The second-order valence-corrected chi connectivity index (χ2v) is 7.37. The van der Waals surface area contributed by atoms with Gasteiger partial charge in [-0.2, -0.15) is 0 Å². The van der Waals surface area contributed by atoms with Crippen LogP contribution in [0.3, 0.4) is 0 Å². The third kappa shape index (κ3) is 4.53. The SMILES string of the molecule is CCC(N)Cc1cc(Br)ccc1OCc1nc(C)c(C)s1. The summed E-state index contributed by atoms with van der Waals surface area (Å²) in [6, 6.07) is 6.23. The number of nitrogens with two attached hydrogens (primary N) is 1. The molecule has 0 spiro atoms. The van der Waals surface area contributed by atoms with Crippen molar-refractivity contribution in [3.63, 3.8) is 0 Å². The minimum atomic E-state index is 0.158. The Labute approximate surface area is 138 Å². The topological polar surface area (TPSA) is 48.1 Å². The van der Waals surface area contributed by atoms with Gasteiger partial charge in [0.25, 0.3) is 0 Å². The molecule has 0 saturated heterocycles. The van der Waals surface area contributed by atoms with Crippen molar-refractivity contribution in [1.82, 2.24) is 4.98 Å². The highest BCUT2D eigenvalue weighted by atomic mass is 79.9. The first-order valence-electron chi connectivity index (χ1n) is 7.09. The van der Waals surface area contributed by atoms with E-state index in [1.807, 2.05) is 19.1 Å². The van der Waals surface area contributed by atoms with Crippen LogP contribution in [0, 0.1) is 13.8 Å². The molecule has 2 rings (SSSR count). The van der Waals surface area contributed by atoms with Crippen molar-refractivity contribution in [2.45, 2.75) is 46.3 Å². The molecule has 0 radical (unpaired) electrons. The molecule has 0 bridgehead atoms. The summed E-state index contributed by atoms with van der Waals surface area (Å²) < 4.78 is 7.01. The normalized spacial score (nSPS) is 12.4. The standard InChI is InChI=1S/C16H21BrN2OS/c1-4-14(18)8-12-7-13(17)5-6-15(12)20-9-16-19-10(2)11(3)21-16/h5-7,14H,4,8-9,18H2,1-3H3. The number of thiazole rings is 1. The van der Waals surface area contributed by atoms with Crippen molar-refractivity contribution < 1.29 is 4.74 Å². The Kier molecular flexibility index (Phi) is 5.79. The van der Waals surface area contributed by atoms with E-state index in [1.54, 1.807) is 11.3 Å². The second-order valence-electron chi connectivity index (χ2n) is 5.16. The van der Waals surface area contributed by atoms with Crippen LogP contribution < -0.4 is 10.5 Å². The number of hydrogen-bond acceptors (Lipinski definition) is 4. The summed E-state index contributed by atoms with van der Waals surface area (Å²) >= 11 is 5.20. The number of benzene rings is 1. The first kappa shape index (κ1) is 16.5. The van der Waals surface area contributed by atoms with Gasteiger partial charge in [-0.3, -0.25) is 0 Å². The first-order chi connectivity index (χ1) is 9.99. The van der Waals surface area contributed by atoms with Crippen LogP contribution >= 0.6 is 27.3 Å². The van der Waals surface area contributed by atoms with E-state index >= 15 is 0 Å². The van der Waals surface area contributed by atoms with E-state index in [9.17, 15) is 0 Å². The van der Waals surface area contributed by atoms with Gasteiger partial charge in [-0.15, -0.1) is 11.3 Å². The van der Waals surface area contributed by atoms with Gasteiger partial charge in [-0.05, 0) is 50.5 Å². The molecular weight excluding hydrogens is 348 g/mol. The molecule has 21 heavy (non-hydrogen) atoms. The number of rotatable bonds is 6. The molecule has 114 valence electrons. The number of aryl methyl sites for hydroxylation is 2. The van der Waals surface area contributed by atoms with Crippen molar-refractivity contribution in [3.05, 3.63) is 43.8 Å². The monoisotopic (exact) mass is 368 g/mol. The second kappa shape index (κ2) is 7.38. The summed E-state index contributed by atoms with van der Waals surface area (Å²) in [5.41, 5.74) is 8.30. The molecular formula is C16H21BrN2OS. The molecule has 5 heteroatoms. The highest BCUT2D eigenvalue weighted by Crippen LogP contribution is 2.26. The Morgan fingerprint density at radius 2 is 2.14 bits per heavy atom. The summed E-state index contributed by atoms with van der Waals surface area (Å²) in [5, 5.41) is 1.01. The average Bonchev–Trinajstić information content (AvgIpc) is 2.76. The smallest absolute Gasteiger partial charge is 0.140 e. The maximum atomic E-state index is 6.07. The Bertz CT molecular complexity index is 593. The van der Waals surface area contributed by atoms with Crippen LogP contribution in [0.1, 0.15) is 34.5 Å². The van der Waals surface area contributed by atoms with Gasteiger partial charge in [-0.25, -0.2) is 4.98 Å². The highest BCUT2D eigenvalue weighted by Gasteiger charge is 2.10. The van der Waals surface area contributed by atoms with E-state index in [0.717, 1.165) is 39.3 Å². The molecule has 1 unspecified atom stereocenters. The van der Waals surface area contributed by atoms with Crippen LogP contribution in [0.15, 0.2) is 22.7 Å². The van der Waals surface area contributed by atoms with Gasteiger partial charge < -0.3 is 10.5 Å². The fourth-order valence-corrected chi connectivity index (χ4v) is 3.27. The molecule has 1 heterocycles. The molecule has 1 atom stereocenters. The molecule has 2 aromatic rings. The molecule has 0 aliphatic rings. The van der Waals surface area contributed by atoms with Gasteiger partial charge in [0.2, 0.25) is 0 Å². The lowest BCUT2D eigenvalue weighted by molar-refractivity contribution is 0.301. The number of aromatic nitrogens is 1. The van der Waals surface area contributed by atoms with Gasteiger partial charge >= 0.3 is 0 Å². The fourth-order valence-electron chi connectivity index (χ4n) is 2.02. The molecule has 3 nitrogen and oxygen atoms in total. The molecule has 0 aliphatic carbocycles. The fraction of sp³-hybridized carbons (Fsp3) is 0.438. The van der Waals surface area contributed by atoms with Crippen molar-refractivity contribution >= 4 is 27.3 Å². The maximum absolute atomic E-state index is 6.07. The van der Waals surface area contributed by atoms with Crippen molar-refractivity contribution in [3.8, 4) is 5.75 Å². The lowest BCUT2D eigenvalue weighted by atomic mass is 10.0. The number of ether oxygens (including phenoxy) is 1. The lowest BCUT2D eigenvalue weighted by Crippen LogP contribution is -2.21.